The largest absolute Gasteiger partial charge is 0.375 e. The molecule has 78 valence electrons. The van der Waals surface area contributed by atoms with Crippen LogP contribution in [0.3, 0.4) is 0 Å². The van der Waals surface area contributed by atoms with E-state index in [4.69, 9.17) is 27.9 Å². The number of rotatable bonds is 5. The smallest absolute Gasteiger partial charge is 0.145 e. The second-order valence-corrected chi connectivity index (χ2v) is 3.44. The van der Waals surface area contributed by atoms with Gasteiger partial charge in [0.1, 0.15) is 11.0 Å². The van der Waals surface area contributed by atoms with Crippen LogP contribution in [-0.4, -0.2) is 16.6 Å². The fraction of sp³-hybridized carbons (Fsp3) is 0.556. The minimum absolute atomic E-state index is 0.265. The van der Waals surface area contributed by atoms with Crippen LogP contribution in [0, 0.1) is 0 Å². The van der Waals surface area contributed by atoms with Crippen molar-refractivity contribution in [1.29, 1.82) is 0 Å². The molecule has 0 saturated heterocycles. The molecule has 1 aromatic rings. The van der Waals surface area contributed by atoms with E-state index in [1.807, 2.05) is 0 Å². The fourth-order valence-electron chi connectivity index (χ4n) is 0.971. The van der Waals surface area contributed by atoms with Gasteiger partial charge in [0.05, 0.1) is 18.2 Å². The first kappa shape index (κ1) is 11.7. The highest BCUT2D eigenvalue weighted by Crippen LogP contribution is 2.09. The summed E-state index contributed by atoms with van der Waals surface area (Å²) in [7, 11) is 0. The van der Waals surface area contributed by atoms with Gasteiger partial charge in [-0.15, -0.1) is 11.6 Å². The molecule has 0 aromatic carbocycles. The predicted molar refractivity (Wildman–Crippen MR) is 56.5 cm³/mol. The zero-order chi connectivity index (χ0) is 10.4. The maximum absolute atomic E-state index is 5.78. The Kier molecular flexibility index (Phi) is 5.15. The first-order valence-electron chi connectivity index (χ1n) is 4.42. The summed E-state index contributed by atoms with van der Waals surface area (Å²) in [5, 5.41) is 0.408. The predicted octanol–water partition coefficient (Wildman–Crippen LogP) is 2.80. The summed E-state index contributed by atoms with van der Waals surface area (Å²) in [6, 6.07) is 1.69. The van der Waals surface area contributed by atoms with Gasteiger partial charge < -0.3 is 4.74 Å². The number of nitrogens with zero attached hydrogens (tertiary/aromatic N) is 2. The van der Waals surface area contributed by atoms with E-state index in [1.165, 1.54) is 0 Å². The van der Waals surface area contributed by atoms with Crippen molar-refractivity contribution in [2.75, 3.05) is 6.61 Å². The maximum Gasteiger partial charge on any atom is 0.145 e. The van der Waals surface area contributed by atoms with Gasteiger partial charge >= 0.3 is 0 Å². The minimum Gasteiger partial charge on any atom is -0.375 e. The Balaban J connectivity index is 2.62. The summed E-state index contributed by atoms with van der Waals surface area (Å²) in [4.78, 5) is 8.12. The van der Waals surface area contributed by atoms with Crippen molar-refractivity contribution in [1.82, 2.24) is 9.97 Å². The van der Waals surface area contributed by atoms with E-state index in [-0.39, 0.29) is 5.88 Å². The Hall–Kier alpha value is -0.380. The molecule has 0 unspecified atom stereocenters. The van der Waals surface area contributed by atoms with Crippen molar-refractivity contribution in [3.63, 3.8) is 0 Å². The molecule has 1 aromatic heterocycles. The van der Waals surface area contributed by atoms with Crippen LogP contribution in [0.4, 0.5) is 0 Å². The molecule has 0 aliphatic carbocycles. The third kappa shape index (κ3) is 3.78. The summed E-state index contributed by atoms with van der Waals surface area (Å²) >= 11 is 11.4. The van der Waals surface area contributed by atoms with Crippen molar-refractivity contribution in [2.45, 2.75) is 25.8 Å². The lowest BCUT2D eigenvalue weighted by atomic mass is 10.4. The minimum atomic E-state index is 0.265. The zero-order valence-corrected chi connectivity index (χ0v) is 9.48. The van der Waals surface area contributed by atoms with Crippen molar-refractivity contribution in [3.05, 3.63) is 22.7 Å². The van der Waals surface area contributed by atoms with Gasteiger partial charge in [0.25, 0.3) is 0 Å². The lowest BCUT2D eigenvalue weighted by molar-refractivity contribution is 0.118. The van der Waals surface area contributed by atoms with Crippen LogP contribution < -0.4 is 0 Å². The number of halogens is 2. The lowest BCUT2D eigenvalue weighted by Crippen LogP contribution is -2.01. The molecule has 0 atom stereocenters. The van der Waals surface area contributed by atoms with E-state index in [9.17, 15) is 0 Å². The third-order valence-corrected chi connectivity index (χ3v) is 1.94. The monoisotopic (exact) mass is 234 g/mol. The first-order chi connectivity index (χ1) is 6.76. The fourth-order valence-corrected chi connectivity index (χ4v) is 1.31. The van der Waals surface area contributed by atoms with Crippen molar-refractivity contribution in [2.24, 2.45) is 0 Å². The van der Waals surface area contributed by atoms with Crippen LogP contribution in [0.25, 0.3) is 0 Å². The van der Waals surface area contributed by atoms with E-state index in [0.29, 0.717) is 17.6 Å². The van der Waals surface area contributed by atoms with Crippen LogP contribution in [-0.2, 0) is 17.2 Å². The average molecular weight is 235 g/mol. The summed E-state index contributed by atoms with van der Waals surface area (Å²) < 4.78 is 5.33. The van der Waals surface area contributed by atoms with Crippen molar-refractivity contribution in [3.8, 4) is 0 Å². The molecule has 0 aliphatic heterocycles. The molecule has 0 radical (unpaired) electrons. The number of hydrogen-bond donors (Lipinski definition) is 0. The van der Waals surface area contributed by atoms with Crippen LogP contribution in [0.15, 0.2) is 6.07 Å². The molecule has 0 saturated carbocycles. The summed E-state index contributed by atoms with van der Waals surface area (Å²) in [5.74, 6) is 0.802. The van der Waals surface area contributed by atoms with E-state index in [1.54, 1.807) is 6.07 Å². The second-order valence-electron chi connectivity index (χ2n) is 2.78. The van der Waals surface area contributed by atoms with Gasteiger partial charge in [-0.2, -0.15) is 0 Å². The zero-order valence-electron chi connectivity index (χ0n) is 7.96. The third-order valence-electron chi connectivity index (χ3n) is 1.51. The van der Waals surface area contributed by atoms with E-state index in [2.05, 4.69) is 16.9 Å². The Morgan fingerprint density at radius 1 is 1.43 bits per heavy atom. The molecule has 0 bridgehead atoms. The highest BCUT2D eigenvalue weighted by Gasteiger charge is 2.02. The summed E-state index contributed by atoms with van der Waals surface area (Å²) in [6.07, 6.45) is 0.987. The van der Waals surface area contributed by atoms with E-state index < -0.39 is 0 Å². The summed E-state index contributed by atoms with van der Waals surface area (Å²) in [6.45, 7) is 3.23. The molecule has 3 nitrogen and oxygen atoms in total. The van der Waals surface area contributed by atoms with Gasteiger partial charge in [-0.25, -0.2) is 9.97 Å². The standard InChI is InChI=1S/C9H12Cl2N2O/c1-2-3-14-6-7-4-8(11)13-9(5-10)12-7/h4H,2-3,5-6H2,1H3. The highest BCUT2D eigenvalue weighted by atomic mass is 35.5. The molecule has 1 rings (SSSR count). The topological polar surface area (TPSA) is 35.0 Å². The van der Waals surface area contributed by atoms with Gasteiger partial charge in [0, 0.05) is 6.61 Å². The Bertz CT molecular complexity index is 294. The maximum atomic E-state index is 5.78. The Morgan fingerprint density at radius 2 is 2.21 bits per heavy atom. The average Bonchev–Trinajstić information content (AvgIpc) is 2.17. The molecule has 0 amide bonds. The van der Waals surface area contributed by atoms with Crippen molar-refractivity contribution < 1.29 is 4.74 Å². The highest BCUT2D eigenvalue weighted by molar-refractivity contribution is 6.29. The number of hydrogen-bond acceptors (Lipinski definition) is 3. The van der Waals surface area contributed by atoms with E-state index in [0.717, 1.165) is 18.7 Å². The van der Waals surface area contributed by atoms with E-state index >= 15 is 0 Å². The molecular formula is C9H12Cl2N2O. The van der Waals surface area contributed by atoms with Crippen LogP contribution >= 0.6 is 23.2 Å². The molecule has 5 heteroatoms. The van der Waals surface area contributed by atoms with Gasteiger partial charge in [-0.05, 0) is 12.5 Å². The Labute approximate surface area is 93.4 Å². The molecule has 0 aliphatic rings. The Morgan fingerprint density at radius 3 is 2.86 bits per heavy atom. The quantitative estimate of drug-likeness (QED) is 0.447. The second kappa shape index (κ2) is 6.17. The molecule has 0 fully saturated rings. The number of aromatic nitrogens is 2. The molecule has 1 heterocycles. The van der Waals surface area contributed by atoms with Gasteiger partial charge in [-0.1, -0.05) is 18.5 Å². The van der Waals surface area contributed by atoms with Gasteiger partial charge in [0.2, 0.25) is 0 Å². The molecule has 0 N–H and O–H groups in total. The molecule has 14 heavy (non-hydrogen) atoms. The SMILES string of the molecule is CCCOCc1cc(Cl)nc(CCl)n1. The normalized spacial score (nSPS) is 10.5. The molecular weight excluding hydrogens is 223 g/mol. The first-order valence-corrected chi connectivity index (χ1v) is 5.33. The van der Waals surface area contributed by atoms with Gasteiger partial charge in [-0.3, -0.25) is 0 Å². The number of alkyl halides is 1. The van der Waals surface area contributed by atoms with Crippen molar-refractivity contribution >= 4 is 23.2 Å². The molecule has 0 spiro atoms. The lowest BCUT2D eigenvalue weighted by Gasteiger charge is -2.03. The van der Waals surface area contributed by atoms with Gasteiger partial charge in [0.15, 0.2) is 0 Å². The van der Waals surface area contributed by atoms with Crippen LogP contribution in [0.5, 0.6) is 0 Å². The number of ether oxygens (including phenoxy) is 1. The summed E-state index contributed by atoms with van der Waals surface area (Å²) in [5.41, 5.74) is 0.772. The van der Waals surface area contributed by atoms with Crippen LogP contribution in [0.2, 0.25) is 5.15 Å². The van der Waals surface area contributed by atoms with Crippen LogP contribution in [0.1, 0.15) is 24.9 Å².